The van der Waals surface area contributed by atoms with Crippen LogP contribution >= 0.6 is 0 Å². The van der Waals surface area contributed by atoms with Crippen LogP contribution in [0.5, 0.6) is 5.75 Å². The van der Waals surface area contributed by atoms with Gasteiger partial charge in [0.15, 0.2) is 0 Å². The van der Waals surface area contributed by atoms with Gasteiger partial charge in [0.05, 0.1) is 0 Å². The predicted molar refractivity (Wildman–Crippen MR) is 126 cm³/mol. The molecule has 0 saturated carbocycles. The van der Waals surface area contributed by atoms with Crippen molar-refractivity contribution >= 4 is 0 Å². The minimum absolute atomic E-state index is 0. The Morgan fingerprint density at radius 1 is 0.636 bits per heavy atom. The number of allylic oxidation sites excluding steroid dienone is 4. The molecule has 0 aliphatic heterocycles. The van der Waals surface area contributed by atoms with Crippen molar-refractivity contribution in [1.29, 1.82) is 0 Å². The number of phenols is 1. The van der Waals surface area contributed by atoms with E-state index in [-0.39, 0.29) is 52.4 Å². The van der Waals surface area contributed by atoms with E-state index in [9.17, 15) is 5.11 Å². The molecule has 0 atom stereocenters. The van der Waals surface area contributed by atoms with Crippen LogP contribution in [0.3, 0.4) is 0 Å². The quantitative estimate of drug-likeness (QED) is 0.415. The van der Waals surface area contributed by atoms with Crippen molar-refractivity contribution in [2.24, 2.45) is 0 Å². The third-order valence-corrected chi connectivity index (χ3v) is 7.23. The van der Waals surface area contributed by atoms with Crippen LogP contribution in [0.25, 0.3) is 0 Å². The van der Waals surface area contributed by atoms with Crippen LogP contribution in [-0.2, 0) is 27.1 Å². The van der Waals surface area contributed by atoms with Crippen LogP contribution in [-0.4, -0.2) is 5.11 Å². The Balaban J connectivity index is 0.00000181. The standard InChI is InChI=1S/C29H30O.2ClH.Ti/c1-19-20(2)22(4)27(21(19)3)25-17-12-18-26(28(25)30)29(5,23-13-8-6-9-14-23)24-15-10-7-11-16-24;;;/h6-18,27,30H,1-5H3;2*1H;/q;;;+2/p-2. The molecule has 0 aromatic heterocycles. The second kappa shape index (κ2) is 11.6. The molecular formula is C29H30Cl2OTi. The van der Waals surface area contributed by atoms with Crippen molar-refractivity contribution in [2.75, 3.05) is 0 Å². The number of phenolic OH excluding ortho intramolecular Hbond substituents is 1. The van der Waals surface area contributed by atoms with Gasteiger partial charge in [0.1, 0.15) is 5.75 Å². The average molecular weight is 513 g/mol. The van der Waals surface area contributed by atoms with Gasteiger partial charge in [-0.15, -0.1) is 0 Å². The third kappa shape index (κ3) is 4.89. The van der Waals surface area contributed by atoms with E-state index in [4.69, 9.17) is 0 Å². The molecule has 0 saturated heterocycles. The zero-order valence-electron chi connectivity index (χ0n) is 19.8. The fraction of sp³-hybridized carbons (Fsp3) is 0.241. The topological polar surface area (TPSA) is 20.2 Å². The van der Waals surface area contributed by atoms with E-state index in [1.807, 2.05) is 12.1 Å². The average Bonchev–Trinajstić information content (AvgIpc) is 2.97. The maximum atomic E-state index is 11.7. The SMILES string of the molecule is CC1=C(C)C(c2cccc(C(C)(c3ccccc3)c3ccccc3)c2O)C(C)=C1C.[Cl-].[Cl-].[Ti+2]. The van der Waals surface area contributed by atoms with Gasteiger partial charge in [0.25, 0.3) is 0 Å². The zero-order chi connectivity index (χ0) is 21.5. The molecule has 170 valence electrons. The Morgan fingerprint density at radius 3 is 1.48 bits per heavy atom. The molecule has 0 amide bonds. The van der Waals surface area contributed by atoms with Gasteiger partial charge in [0, 0.05) is 22.5 Å². The molecule has 0 radical (unpaired) electrons. The monoisotopic (exact) mass is 512 g/mol. The zero-order valence-corrected chi connectivity index (χ0v) is 22.9. The van der Waals surface area contributed by atoms with E-state index < -0.39 is 5.41 Å². The predicted octanol–water partition coefficient (Wildman–Crippen LogP) is 1.52. The molecule has 3 aromatic rings. The summed E-state index contributed by atoms with van der Waals surface area (Å²) in [4.78, 5) is 0. The third-order valence-electron chi connectivity index (χ3n) is 7.23. The van der Waals surface area contributed by atoms with Gasteiger partial charge in [-0.2, -0.15) is 0 Å². The number of benzene rings is 3. The molecule has 0 fully saturated rings. The van der Waals surface area contributed by atoms with Crippen LogP contribution in [0, 0.1) is 0 Å². The smallest absolute Gasteiger partial charge is 1.00 e. The number of hydrogen-bond donors (Lipinski definition) is 1. The molecule has 0 bridgehead atoms. The van der Waals surface area contributed by atoms with E-state index in [2.05, 4.69) is 101 Å². The van der Waals surface area contributed by atoms with Crippen molar-refractivity contribution in [3.63, 3.8) is 0 Å². The van der Waals surface area contributed by atoms with Crippen LogP contribution < -0.4 is 24.8 Å². The van der Waals surface area contributed by atoms with Crippen LogP contribution in [0.1, 0.15) is 62.8 Å². The number of para-hydroxylation sites is 1. The second-order valence-electron chi connectivity index (χ2n) is 8.65. The summed E-state index contributed by atoms with van der Waals surface area (Å²) in [7, 11) is 0. The van der Waals surface area contributed by atoms with Crippen LogP contribution in [0.15, 0.2) is 101 Å². The Labute approximate surface area is 225 Å². The second-order valence-corrected chi connectivity index (χ2v) is 8.65. The van der Waals surface area contributed by atoms with E-state index in [1.165, 1.54) is 33.4 Å². The normalized spacial score (nSPS) is 13.8. The molecule has 0 spiro atoms. The van der Waals surface area contributed by atoms with Crippen molar-refractivity contribution in [3.8, 4) is 5.75 Å². The summed E-state index contributed by atoms with van der Waals surface area (Å²) in [6.07, 6.45) is 0. The van der Waals surface area contributed by atoms with Crippen molar-refractivity contribution in [1.82, 2.24) is 0 Å². The first kappa shape index (κ1) is 29.3. The fourth-order valence-electron chi connectivity index (χ4n) is 5.03. The summed E-state index contributed by atoms with van der Waals surface area (Å²) < 4.78 is 0. The molecule has 4 heteroatoms. The Bertz CT molecular complexity index is 1090. The summed E-state index contributed by atoms with van der Waals surface area (Å²) in [6.45, 7) is 11.0. The van der Waals surface area contributed by atoms with Gasteiger partial charge in [0.2, 0.25) is 0 Å². The molecule has 4 rings (SSSR count). The van der Waals surface area contributed by atoms with E-state index >= 15 is 0 Å². The minimum Gasteiger partial charge on any atom is -1.00 e. The molecular weight excluding hydrogens is 483 g/mol. The van der Waals surface area contributed by atoms with Gasteiger partial charge in [-0.3, -0.25) is 0 Å². The maximum absolute atomic E-state index is 11.7. The molecule has 1 aliphatic rings. The van der Waals surface area contributed by atoms with E-state index in [1.54, 1.807) is 0 Å². The first-order chi connectivity index (χ1) is 14.4. The van der Waals surface area contributed by atoms with Gasteiger partial charge in [-0.05, 0) is 56.9 Å². The minimum atomic E-state index is -0.458. The molecule has 0 heterocycles. The van der Waals surface area contributed by atoms with E-state index in [0.29, 0.717) is 5.75 Å². The first-order valence-corrected chi connectivity index (χ1v) is 10.7. The van der Waals surface area contributed by atoms with Gasteiger partial charge in [-0.1, -0.05) is 90.0 Å². The molecule has 0 unspecified atom stereocenters. The summed E-state index contributed by atoms with van der Waals surface area (Å²) >= 11 is 0. The molecule has 3 aromatic carbocycles. The van der Waals surface area contributed by atoms with Crippen molar-refractivity contribution in [3.05, 3.63) is 123 Å². The van der Waals surface area contributed by atoms with Gasteiger partial charge in [-0.25, -0.2) is 0 Å². The number of aromatic hydroxyl groups is 1. The summed E-state index contributed by atoms with van der Waals surface area (Å²) in [5.74, 6) is 0.541. The number of rotatable bonds is 4. The number of halogens is 2. The first-order valence-electron chi connectivity index (χ1n) is 10.7. The van der Waals surface area contributed by atoms with Crippen molar-refractivity contribution in [2.45, 2.75) is 46.0 Å². The largest absolute Gasteiger partial charge is 2.00 e. The van der Waals surface area contributed by atoms with Gasteiger partial charge < -0.3 is 29.9 Å². The molecule has 1 aliphatic carbocycles. The summed E-state index contributed by atoms with van der Waals surface area (Å²) in [6, 6.07) is 27.2. The van der Waals surface area contributed by atoms with E-state index in [0.717, 1.165) is 11.1 Å². The summed E-state index contributed by atoms with van der Waals surface area (Å²) in [5.41, 5.74) is 9.17. The van der Waals surface area contributed by atoms with Gasteiger partial charge >= 0.3 is 21.7 Å². The fourth-order valence-corrected chi connectivity index (χ4v) is 5.03. The molecule has 1 N–H and O–H groups in total. The van der Waals surface area contributed by atoms with Crippen LogP contribution in [0.2, 0.25) is 0 Å². The summed E-state index contributed by atoms with van der Waals surface area (Å²) in [5, 5.41) is 11.7. The molecule has 33 heavy (non-hydrogen) atoms. The van der Waals surface area contributed by atoms with Crippen LogP contribution in [0.4, 0.5) is 0 Å². The Kier molecular flexibility index (Phi) is 10.3. The maximum Gasteiger partial charge on any atom is 2.00 e. The van der Waals surface area contributed by atoms with Crippen molar-refractivity contribution < 1.29 is 51.6 Å². The molecule has 1 nitrogen and oxygen atoms in total. The Morgan fingerprint density at radius 2 is 1.06 bits per heavy atom. The number of hydrogen-bond acceptors (Lipinski definition) is 1. The Hall–Kier alpha value is -1.77.